The number of halogens is 3. The average Bonchev–Trinajstić information content (AvgIpc) is 3.05. The Kier molecular flexibility index (Phi) is 4.55. The summed E-state index contributed by atoms with van der Waals surface area (Å²) in [5.41, 5.74) is 2.84. The van der Waals surface area contributed by atoms with Crippen LogP contribution in [0.5, 0.6) is 5.75 Å². The first-order chi connectivity index (χ1) is 13.0. The van der Waals surface area contributed by atoms with E-state index >= 15 is 0 Å². The fourth-order valence-corrected chi connectivity index (χ4v) is 3.22. The molecule has 1 aliphatic rings. The summed E-state index contributed by atoms with van der Waals surface area (Å²) in [6, 6.07) is 7.57. The number of ether oxygens (including phenoxy) is 1. The van der Waals surface area contributed by atoms with Crippen molar-refractivity contribution in [2.24, 2.45) is 4.99 Å². The fraction of sp³-hybridized carbons (Fsp3) is 0.316. The van der Waals surface area contributed by atoms with Gasteiger partial charge in [0.25, 0.3) is 0 Å². The van der Waals surface area contributed by atoms with E-state index in [-0.39, 0.29) is 5.75 Å². The van der Waals surface area contributed by atoms with Crippen LogP contribution in [0.15, 0.2) is 47.7 Å². The van der Waals surface area contributed by atoms with Crippen molar-refractivity contribution in [2.75, 3.05) is 0 Å². The van der Waals surface area contributed by atoms with Crippen molar-refractivity contribution >= 4 is 17.2 Å². The van der Waals surface area contributed by atoms with Crippen LogP contribution in [0.2, 0.25) is 0 Å². The van der Waals surface area contributed by atoms with E-state index in [0.717, 1.165) is 31.4 Å². The first kappa shape index (κ1) is 17.5. The number of rotatable bonds is 3. The van der Waals surface area contributed by atoms with Gasteiger partial charge in [0, 0.05) is 23.5 Å². The molecule has 0 radical (unpaired) electrons. The minimum absolute atomic E-state index is 0.280. The molecule has 0 aliphatic heterocycles. The maximum absolute atomic E-state index is 12.5. The first-order valence-electron chi connectivity index (χ1n) is 8.75. The quantitative estimate of drug-likeness (QED) is 0.622. The Morgan fingerprint density at radius 1 is 1.07 bits per heavy atom. The van der Waals surface area contributed by atoms with Gasteiger partial charge in [-0.1, -0.05) is 18.6 Å². The minimum Gasteiger partial charge on any atom is -0.406 e. The van der Waals surface area contributed by atoms with E-state index in [2.05, 4.69) is 19.8 Å². The second kappa shape index (κ2) is 7.02. The Morgan fingerprint density at radius 3 is 2.67 bits per heavy atom. The molecule has 140 valence electrons. The molecule has 0 amide bonds. The van der Waals surface area contributed by atoms with Crippen molar-refractivity contribution in [2.45, 2.75) is 38.5 Å². The highest BCUT2D eigenvalue weighted by Crippen LogP contribution is 2.30. The minimum atomic E-state index is -4.73. The Bertz CT molecular complexity index is 986. The molecule has 0 saturated heterocycles. The number of benzene rings is 1. The van der Waals surface area contributed by atoms with E-state index in [4.69, 9.17) is 0 Å². The SMILES string of the molecule is FC(F)(F)Oc1cccc(-c2cnn3ccc(N=C4CCCCC4)nc23)c1. The maximum atomic E-state index is 12.5. The zero-order chi connectivity index (χ0) is 18.9. The van der Waals surface area contributed by atoms with Gasteiger partial charge < -0.3 is 4.74 Å². The highest BCUT2D eigenvalue weighted by atomic mass is 19.4. The molecule has 4 rings (SSSR count). The molecule has 1 saturated carbocycles. The smallest absolute Gasteiger partial charge is 0.406 e. The molecule has 1 aliphatic carbocycles. The van der Waals surface area contributed by atoms with Gasteiger partial charge in [-0.25, -0.2) is 14.5 Å². The number of fused-ring (bicyclic) bond motifs is 1. The molecule has 5 nitrogen and oxygen atoms in total. The number of nitrogens with zero attached hydrogens (tertiary/aromatic N) is 4. The number of alkyl halides is 3. The lowest BCUT2D eigenvalue weighted by molar-refractivity contribution is -0.274. The molecule has 0 N–H and O–H groups in total. The van der Waals surface area contributed by atoms with Gasteiger partial charge in [-0.2, -0.15) is 5.10 Å². The van der Waals surface area contributed by atoms with Crippen molar-refractivity contribution < 1.29 is 17.9 Å². The van der Waals surface area contributed by atoms with E-state index in [1.807, 2.05) is 0 Å². The molecule has 1 aromatic carbocycles. The largest absolute Gasteiger partial charge is 0.573 e. The summed E-state index contributed by atoms with van der Waals surface area (Å²) in [7, 11) is 0. The average molecular weight is 374 g/mol. The number of hydrogen-bond acceptors (Lipinski definition) is 4. The molecular weight excluding hydrogens is 357 g/mol. The van der Waals surface area contributed by atoms with Crippen LogP contribution in [0.4, 0.5) is 19.0 Å². The Morgan fingerprint density at radius 2 is 1.89 bits per heavy atom. The topological polar surface area (TPSA) is 51.8 Å². The van der Waals surface area contributed by atoms with E-state index in [1.54, 1.807) is 29.0 Å². The first-order valence-corrected chi connectivity index (χ1v) is 8.75. The van der Waals surface area contributed by atoms with Crippen LogP contribution in [0.1, 0.15) is 32.1 Å². The predicted molar refractivity (Wildman–Crippen MR) is 95.3 cm³/mol. The van der Waals surface area contributed by atoms with Gasteiger partial charge in [0.2, 0.25) is 0 Å². The second-order valence-electron chi connectivity index (χ2n) is 6.43. The van der Waals surface area contributed by atoms with Crippen molar-refractivity contribution in [3.05, 3.63) is 42.7 Å². The molecule has 0 spiro atoms. The Labute approximate surface area is 153 Å². The lowest BCUT2D eigenvalue weighted by Crippen LogP contribution is -2.17. The van der Waals surface area contributed by atoms with Gasteiger partial charge in [-0.15, -0.1) is 13.2 Å². The molecule has 2 heterocycles. The molecule has 0 atom stereocenters. The van der Waals surface area contributed by atoms with Crippen LogP contribution in [0.25, 0.3) is 16.8 Å². The molecule has 3 aromatic rings. The molecule has 0 bridgehead atoms. The van der Waals surface area contributed by atoms with Crippen LogP contribution < -0.4 is 4.74 Å². The summed E-state index contributed by atoms with van der Waals surface area (Å²) in [5, 5.41) is 4.23. The fourth-order valence-electron chi connectivity index (χ4n) is 3.22. The van der Waals surface area contributed by atoms with E-state index in [0.29, 0.717) is 22.6 Å². The molecule has 27 heavy (non-hydrogen) atoms. The standard InChI is InChI=1S/C19H17F3N4O/c20-19(21,22)27-15-8-4-5-13(11-15)16-12-23-26-10-9-17(25-18(16)26)24-14-6-2-1-3-7-14/h4-5,8-12H,1-3,6-7H2. The molecule has 2 aromatic heterocycles. The molecule has 0 unspecified atom stereocenters. The van der Waals surface area contributed by atoms with Gasteiger partial charge >= 0.3 is 6.36 Å². The van der Waals surface area contributed by atoms with Crippen LogP contribution >= 0.6 is 0 Å². The third-order valence-electron chi connectivity index (χ3n) is 4.44. The van der Waals surface area contributed by atoms with Crippen LogP contribution in [0, 0.1) is 0 Å². The Balaban J connectivity index is 1.70. The van der Waals surface area contributed by atoms with Crippen molar-refractivity contribution in [1.29, 1.82) is 0 Å². The second-order valence-corrected chi connectivity index (χ2v) is 6.43. The molecular formula is C19H17F3N4O. The summed E-state index contributed by atoms with van der Waals surface area (Å²) in [5.74, 6) is 0.307. The number of hydrogen-bond donors (Lipinski definition) is 0. The van der Waals surface area contributed by atoms with E-state index < -0.39 is 6.36 Å². The molecule has 1 fully saturated rings. The summed E-state index contributed by atoms with van der Waals surface area (Å²) in [6.07, 6.45) is 4.08. The summed E-state index contributed by atoms with van der Waals surface area (Å²) < 4.78 is 43.0. The number of aliphatic imine (C=N–C) groups is 1. The third-order valence-corrected chi connectivity index (χ3v) is 4.44. The van der Waals surface area contributed by atoms with Crippen LogP contribution in [-0.4, -0.2) is 26.7 Å². The van der Waals surface area contributed by atoms with Crippen LogP contribution in [-0.2, 0) is 0 Å². The van der Waals surface area contributed by atoms with Crippen molar-refractivity contribution in [3.63, 3.8) is 0 Å². The van der Waals surface area contributed by atoms with Gasteiger partial charge in [0.05, 0.1) is 6.20 Å². The summed E-state index contributed by atoms with van der Waals surface area (Å²) in [6.45, 7) is 0. The van der Waals surface area contributed by atoms with Crippen LogP contribution in [0.3, 0.4) is 0 Å². The van der Waals surface area contributed by atoms with Gasteiger partial charge in [0.1, 0.15) is 5.75 Å². The summed E-state index contributed by atoms with van der Waals surface area (Å²) >= 11 is 0. The monoisotopic (exact) mass is 374 g/mol. The maximum Gasteiger partial charge on any atom is 0.573 e. The zero-order valence-corrected chi connectivity index (χ0v) is 14.4. The van der Waals surface area contributed by atoms with E-state index in [9.17, 15) is 13.2 Å². The summed E-state index contributed by atoms with van der Waals surface area (Å²) in [4.78, 5) is 9.20. The Hall–Kier alpha value is -2.90. The van der Waals surface area contributed by atoms with E-state index in [1.165, 1.54) is 24.6 Å². The van der Waals surface area contributed by atoms with Gasteiger partial charge in [-0.05, 0) is 43.4 Å². The number of aromatic nitrogens is 3. The molecule has 8 heteroatoms. The predicted octanol–water partition coefficient (Wildman–Crippen LogP) is 5.33. The van der Waals surface area contributed by atoms with Gasteiger partial charge in [-0.3, -0.25) is 0 Å². The normalized spacial score (nSPS) is 15.1. The highest BCUT2D eigenvalue weighted by Gasteiger charge is 2.31. The van der Waals surface area contributed by atoms with Crippen molar-refractivity contribution in [3.8, 4) is 16.9 Å². The van der Waals surface area contributed by atoms with Gasteiger partial charge in [0.15, 0.2) is 11.5 Å². The highest BCUT2D eigenvalue weighted by molar-refractivity contribution is 5.87. The van der Waals surface area contributed by atoms with Crippen molar-refractivity contribution in [1.82, 2.24) is 14.6 Å². The third kappa shape index (κ3) is 4.10. The lowest BCUT2D eigenvalue weighted by Gasteiger charge is -2.12. The lowest BCUT2D eigenvalue weighted by atomic mass is 9.99. The zero-order valence-electron chi connectivity index (χ0n) is 14.4.